The molecule has 0 bridgehead atoms. The molecule has 1 aliphatic rings. The summed E-state index contributed by atoms with van der Waals surface area (Å²) in [5.74, 6) is -0.121. The third-order valence-corrected chi connectivity index (χ3v) is 3.25. The highest BCUT2D eigenvalue weighted by Gasteiger charge is 2.22. The van der Waals surface area contributed by atoms with Gasteiger partial charge in [-0.05, 0) is 18.4 Å². The average Bonchev–Trinajstić information content (AvgIpc) is 2.42. The number of carbonyl (C=O) groups excluding carboxylic acids is 2. The number of benzene rings is 1. The van der Waals surface area contributed by atoms with Gasteiger partial charge in [0.2, 0.25) is 11.8 Å². The number of hydrogen-bond acceptors (Lipinski definition) is 3. The maximum absolute atomic E-state index is 11.9. The van der Waals surface area contributed by atoms with E-state index in [1.807, 2.05) is 30.3 Å². The molecule has 0 saturated carbocycles. The van der Waals surface area contributed by atoms with E-state index < -0.39 is 6.04 Å². The molecule has 19 heavy (non-hydrogen) atoms. The molecule has 102 valence electrons. The molecule has 1 fully saturated rings. The van der Waals surface area contributed by atoms with Gasteiger partial charge in [-0.3, -0.25) is 9.59 Å². The van der Waals surface area contributed by atoms with Gasteiger partial charge in [0.25, 0.3) is 0 Å². The van der Waals surface area contributed by atoms with E-state index in [4.69, 9.17) is 5.73 Å². The summed E-state index contributed by atoms with van der Waals surface area (Å²) < 4.78 is 0. The van der Waals surface area contributed by atoms with Crippen molar-refractivity contribution in [1.82, 2.24) is 10.6 Å². The van der Waals surface area contributed by atoms with Gasteiger partial charge in [0.05, 0.1) is 6.04 Å². The number of piperidine rings is 1. The van der Waals surface area contributed by atoms with E-state index in [0.29, 0.717) is 25.8 Å². The zero-order valence-corrected chi connectivity index (χ0v) is 10.8. The fourth-order valence-electron chi connectivity index (χ4n) is 2.12. The van der Waals surface area contributed by atoms with Gasteiger partial charge in [-0.15, -0.1) is 0 Å². The molecule has 0 radical (unpaired) electrons. The standard InChI is InChI=1S/C14H19N3O2/c15-12(8-10-4-2-1-3-5-10)14(19)17-11-6-7-13(18)16-9-11/h1-5,11-12H,6-9,15H2,(H,16,18)(H,17,19)/t11?,12-/m0/s1. The molecule has 4 N–H and O–H groups in total. The lowest BCUT2D eigenvalue weighted by Gasteiger charge is -2.24. The van der Waals surface area contributed by atoms with Crippen LogP contribution in [0.1, 0.15) is 18.4 Å². The van der Waals surface area contributed by atoms with Crippen LogP contribution in [0.5, 0.6) is 0 Å². The van der Waals surface area contributed by atoms with E-state index in [0.717, 1.165) is 5.56 Å². The first-order valence-corrected chi connectivity index (χ1v) is 6.52. The fourth-order valence-corrected chi connectivity index (χ4v) is 2.12. The van der Waals surface area contributed by atoms with E-state index in [1.54, 1.807) is 0 Å². The van der Waals surface area contributed by atoms with Gasteiger partial charge in [-0.1, -0.05) is 30.3 Å². The minimum absolute atomic E-state index is 0.00739. The van der Waals surface area contributed by atoms with Crippen molar-refractivity contribution in [3.05, 3.63) is 35.9 Å². The average molecular weight is 261 g/mol. The van der Waals surface area contributed by atoms with Crippen molar-refractivity contribution in [2.45, 2.75) is 31.3 Å². The van der Waals surface area contributed by atoms with Crippen molar-refractivity contribution in [3.8, 4) is 0 Å². The highest BCUT2D eigenvalue weighted by molar-refractivity contribution is 5.82. The largest absolute Gasteiger partial charge is 0.354 e. The van der Waals surface area contributed by atoms with Gasteiger partial charge >= 0.3 is 0 Å². The number of nitrogens with one attached hydrogen (secondary N) is 2. The predicted molar refractivity (Wildman–Crippen MR) is 72.3 cm³/mol. The van der Waals surface area contributed by atoms with Gasteiger partial charge in [-0.25, -0.2) is 0 Å². The number of nitrogens with two attached hydrogens (primary N) is 1. The Morgan fingerprint density at radius 3 is 2.79 bits per heavy atom. The topological polar surface area (TPSA) is 84.2 Å². The molecule has 0 aliphatic carbocycles. The minimum atomic E-state index is -0.556. The summed E-state index contributed by atoms with van der Waals surface area (Å²) in [6, 6.07) is 9.13. The molecule has 5 heteroatoms. The van der Waals surface area contributed by atoms with Crippen molar-refractivity contribution >= 4 is 11.8 Å². The third-order valence-electron chi connectivity index (χ3n) is 3.25. The van der Waals surface area contributed by atoms with E-state index in [1.165, 1.54) is 0 Å². The summed E-state index contributed by atoms with van der Waals surface area (Å²) >= 11 is 0. The summed E-state index contributed by atoms with van der Waals surface area (Å²) in [6.07, 6.45) is 1.65. The second kappa shape index (κ2) is 6.33. The van der Waals surface area contributed by atoms with Crippen LogP contribution in [0, 0.1) is 0 Å². The lowest BCUT2D eigenvalue weighted by molar-refractivity contribution is -0.126. The van der Waals surface area contributed by atoms with Gasteiger partial charge in [-0.2, -0.15) is 0 Å². The van der Waals surface area contributed by atoms with Gasteiger partial charge in [0.1, 0.15) is 0 Å². The summed E-state index contributed by atoms with van der Waals surface area (Å²) in [5, 5.41) is 5.61. The highest BCUT2D eigenvalue weighted by Crippen LogP contribution is 2.05. The molecule has 1 saturated heterocycles. The second-order valence-electron chi connectivity index (χ2n) is 4.84. The quantitative estimate of drug-likeness (QED) is 0.710. The number of carbonyl (C=O) groups is 2. The molecule has 1 heterocycles. The molecule has 2 amide bonds. The van der Waals surface area contributed by atoms with Gasteiger partial charge in [0, 0.05) is 19.0 Å². The summed E-state index contributed by atoms with van der Waals surface area (Å²) in [6.45, 7) is 0.489. The molecular formula is C14H19N3O2. The number of hydrogen-bond donors (Lipinski definition) is 3. The SMILES string of the molecule is N[C@@H](Cc1ccccc1)C(=O)NC1CCC(=O)NC1. The van der Waals surface area contributed by atoms with E-state index >= 15 is 0 Å². The van der Waals surface area contributed by atoms with Crippen LogP contribution in [0.25, 0.3) is 0 Å². The van der Waals surface area contributed by atoms with Crippen molar-refractivity contribution in [2.75, 3.05) is 6.54 Å². The molecule has 5 nitrogen and oxygen atoms in total. The van der Waals surface area contributed by atoms with Crippen LogP contribution in [0.4, 0.5) is 0 Å². The van der Waals surface area contributed by atoms with Crippen molar-refractivity contribution in [1.29, 1.82) is 0 Å². The Morgan fingerprint density at radius 1 is 1.42 bits per heavy atom. The Bertz CT molecular complexity index is 437. The van der Waals surface area contributed by atoms with E-state index in [9.17, 15) is 9.59 Å². The first kappa shape index (κ1) is 13.5. The van der Waals surface area contributed by atoms with Crippen molar-refractivity contribution in [3.63, 3.8) is 0 Å². The Kier molecular flexibility index (Phi) is 4.52. The fraction of sp³-hybridized carbons (Fsp3) is 0.429. The molecule has 2 atom stereocenters. The van der Waals surface area contributed by atoms with Crippen molar-refractivity contribution in [2.24, 2.45) is 5.73 Å². The summed E-state index contributed by atoms with van der Waals surface area (Å²) in [7, 11) is 0. The Hall–Kier alpha value is -1.88. The predicted octanol–water partition coefficient (Wildman–Crippen LogP) is -0.0488. The Labute approximate surface area is 112 Å². The van der Waals surface area contributed by atoms with Crippen LogP contribution in [0.15, 0.2) is 30.3 Å². The lowest BCUT2D eigenvalue weighted by atomic mass is 10.0. The van der Waals surface area contributed by atoms with Crippen LogP contribution >= 0.6 is 0 Å². The van der Waals surface area contributed by atoms with E-state index in [2.05, 4.69) is 10.6 Å². The molecule has 0 spiro atoms. The second-order valence-corrected chi connectivity index (χ2v) is 4.84. The normalized spacial score (nSPS) is 20.5. The summed E-state index contributed by atoms with van der Waals surface area (Å²) in [4.78, 5) is 23.0. The first-order valence-electron chi connectivity index (χ1n) is 6.52. The maximum Gasteiger partial charge on any atom is 0.237 e. The zero-order chi connectivity index (χ0) is 13.7. The Balaban J connectivity index is 1.81. The number of amides is 2. The van der Waals surface area contributed by atoms with Crippen molar-refractivity contribution < 1.29 is 9.59 Å². The van der Waals surface area contributed by atoms with E-state index in [-0.39, 0.29) is 17.9 Å². The maximum atomic E-state index is 11.9. The molecule has 1 aromatic carbocycles. The number of rotatable bonds is 4. The molecular weight excluding hydrogens is 242 g/mol. The van der Waals surface area contributed by atoms with Gasteiger partial charge < -0.3 is 16.4 Å². The Morgan fingerprint density at radius 2 is 2.16 bits per heavy atom. The monoisotopic (exact) mass is 261 g/mol. The van der Waals surface area contributed by atoms with Crippen LogP contribution in [0.2, 0.25) is 0 Å². The summed E-state index contributed by atoms with van der Waals surface area (Å²) in [5.41, 5.74) is 6.94. The molecule has 2 rings (SSSR count). The molecule has 1 aromatic rings. The van der Waals surface area contributed by atoms with Crippen LogP contribution in [-0.2, 0) is 16.0 Å². The van der Waals surface area contributed by atoms with Gasteiger partial charge in [0.15, 0.2) is 0 Å². The zero-order valence-electron chi connectivity index (χ0n) is 10.8. The minimum Gasteiger partial charge on any atom is -0.354 e. The third kappa shape index (κ3) is 4.06. The highest BCUT2D eigenvalue weighted by atomic mass is 16.2. The first-order chi connectivity index (χ1) is 9.15. The van der Waals surface area contributed by atoms with Crippen LogP contribution in [-0.4, -0.2) is 30.4 Å². The van der Waals surface area contributed by atoms with Crippen LogP contribution in [0.3, 0.4) is 0 Å². The lowest BCUT2D eigenvalue weighted by Crippen LogP contribution is -2.52. The smallest absolute Gasteiger partial charge is 0.237 e. The molecule has 1 aliphatic heterocycles. The molecule has 1 unspecified atom stereocenters. The molecule has 0 aromatic heterocycles. The van der Waals surface area contributed by atoms with Crippen LogP contribution < -0.4 is 16.4 Å².